The van der Waals surface area contributed by atoms with Crippen molar-refractivity contribution in [2.45, 2.75) is 12.8 Å². The Bertz CT molecular complexity index is 1040. The van der Waals surface area contributed by atoms with Crippen LogP contribution >= 0.6 is 0 Å². The highest BCUT2D eigenvalue weighted by molar-refractivity contribution is 6.08. The van der Waals surface area contributed by atoms with Gasteiger partial charge in [-0.15, -0.1) is 0 Å². The molecule has 0 atom stereocenters. The van der Waals surface area contributed by atoms with Crippen LogP contribution in [-0.4, -0.2) is 17.4 Å². The summed E-state index contributed by atoms with van der Waals surface area (Å²) in [5, 5.41) is 9.05. The molecule has 5 nitrogen and oxygen atoms in total. The number of anilines is 1. The Hall–Kier alpha value is -3.65. The number of aromatic nitrogens is 1. The minimum Gasteiger partial charge on any atom is -0.438 e. The molecule has 0 bridgehead atoms. The first-order valence-electron chi connectivity index (χ1n) is 8.79. The summed E-state index contributed by atoms with van der Waals surface area (Å²) >= 11 is 0. The molecular weight excluding hydrogens is 338 g/mol. The van der Waals surface area contributed by atoms with Crippen molar-refractivity contribution in [3.63, 3.8) is 0 Å². The number of amides is 1. The van der Waals surface area contributed by atoms with Crippen LogP contribution in [0.2, 0.25) is 0 Å². The Morgan fingerprint density at radius 3 is 2.89 bits per heavy atom. The number of fused-ring (bicyclic) bond motifs is 1. The third kappa shape index (κ3) is 3.38. The highest BCUT2D eigenvalue weighted by atomic mass is 16.5. The average Bonchev–Trinajstić information content (AvgIpc) is 2.73. The van der Waals surface area contributed by atoms with Gasteiger partial charge >= 0.3 is 0 Å². The molecule has 2 aromatic carbocycles. The third-order valence-corrected chi connectivity index (χ3v) is 4.53. The highest BCUT2D eigenvalue weighted by Gasteiger charge is 2.26. The van der Waals surface area contributed by atoms with Gasteiger partial charge in [-0.3, -0.25) is 4.79 Å². The molecule has 0 fully saturated rings. The van der Waals surface area contributed by atoms with E-state index in [9.17, 15) is 4.79 Å². The molecule has 132 valence electrons. The first-order valence-corrected chi connectivity index (χ1v) is 8.79. The average molecular weight is 355 g/mol. The molecule has 2 heterocycles. The van der Waals surface area contributed by atoms with E-state index in [4.69, 9.17) is 10.00 Å². The van der Waals surface area contributed by atoms with Gasteiger partial charge in [0.15, 0.2) is 0 Å². The van der Waals surface area contributed by atoms with E-state index in [2.05, 4.69) is 17.1 Å². The number of pyridine rings is 1. The third-order valence-electron chi connectivity index (χ3n) is 4.53. The Morgan fingerprint density at radius 2 is 2.00 bits per heavy atom. The molecule has 1 aliphatic rings. The number of hydrogen-bond acceptors (Lipinski definition) is 4. The monoisotopic (exact) mass is 355 g/mol. The maximum absolute atomic E-state index is 13.3. The number of ether oxygens (including phenoxy) is 1. The summed E-state index contributed by atoms with van der Waals surface area (Å²) in [7, 11) is 0. The van der Waals surface area contributed by atoms with Crippen molar-refractivity contribution < 1.29 is 9.53 Å². The van der Waals surface area contributed by atoms with Gasteiger partial charge in [0.25, 0.3) is 5.91 Å². The van der Waals surface area contributed by atoms with Crippen LogP contribution in [0.5, 0.6) is 11.6 Å². The normalized spacial score (nSPS) is 12.8. The van der Waals surface area contributed by atoms with Crippen LogP contribution in [0.15, 0.2) is 66.9 Å². The smallest absolute Gasteiger partial charge is 0.263 e. The summed E-state index contributed by atoms with van der Waals surface area (Å²) in [6, 6.07) is 20.3. The van der Waals surface area contributed by atoms with Gasteiger partial charge in [-0.2, -0.15) is 5.26 Å². The molecule has 5 heteroatoms. The van der Waals surface area contributed by atoms with E-state index in [1.807, 2.05) is 18.2 Å². The molecule has 0 saturated heterocycles. The first-order chi connectivity index (χ1) is 13.3. The van der Waals surface area contributed by atoms with E-state index in [-0.39, 0.29) is 11.8 Å². The Kier molecular flexibility index (Phi) is 4.54. The van der Waals surface area contributed by atoms with E-state index in [0.717, 1.165) is 18.5 Å². The molecular formula is C22H17N3O2. The molecule has 0 saturated carbocycles. The molecule has 1 aliphatic heterocycles. The quantitative estimate of drug-likeness (QED) is 0.701. The molecule has 0 N–H and O–H groups in total. The predicted molar refractivity (Wildman–Crippen MR) is 102 cm³/mol. The fourth-order valence-corrected chi connectivity index (χ4v) is 3.27. The summed E-state index contributed by atoms with van der Waals surface area (Å²) in [6.07, 6.45) is 3.48. The second-order valence-corrected chi connectivity index (χ2v) is 6.29. The lowest BCUT2D eigenvalue weighted by Gasteiger charge is -2.29. The molecule has 0 spiro atoms. The van der Waals surface area contributed by atoms with Gasteiger partial charge < -0.3 is 9.64 Å². The number of nitriles is 1. The van der Waals surface area contributed by atoms with E-state index >= 15 is 0 Å². The largest absolute Gasteiger partial charge is 0.438 e. The number of rotatable bonds is 3. The standard InChI is InChI=1S/C22H17N3O2/c23-15-16-6-3-9-18(14-16)27-21-19(10-4-12-24-21)22(26)25-13-5-8-17-7-1-2-11-20(17)25/h1-4,6-7,9-12,14H,5,8,13H2. The molecule has 0 unspecified atom stereocenters. The maximum atomic E-state index is 13.3. The number of nitrogens with zero attached hydrogens (tertiary/aromatic N) is 3. The minimum atomic E-state index is -0.137. The minimum absolute atomic E-state index is 0.137. The predicted octanol–water partition coefficient (Wildman–Crippen LogP) is 4.34. The number of hydrogen-bond donors (Lipinski definition) is 0. The van der Waals surface area contributed by atoms with Crippen LogP contribution in [0.4, 0.5) is 5.69 Å². The topological polar surface area (TPSA) is 66.2 Å². The summed E-state index contributed by atoms with van der Waals surface area (Å²) in [6.45, 7) is 0.661. The van der Waals surface area contributed by atoms with Gasteiger partial charge in [0.1, 0.15) is 11.3 Å². The molecule has 27 heavy (non-hydrogen) atoms. The molecule has 3 aromatic rings. The summed E-state index contributed by atoms with van der Waals surface area (Å²) in [4.78, 5) is 19.3. The summed E-state index contributed by atoms with van der Waals surface area (Å²) in [5.41, 5.74) is 3.00. The Balaban J connectivity index is 1.67. The highest BCUT2D eigenvalue weighted by Crippen LogP contribution is 2.31. The number of aryl methyl sites for hydroxylation is 1. The van der Waals surface area contributed by atoms with Gasteiger partial charge in [0.05, 0.1) is 11.6 Å². The molecule has 0 radical (unpaired) electrons. The Morgan fingerprint density at radius 1 is 1.11 bits per heavy atom. The van der Waals surface area contributed by atoms with Crippen LogP contribution in [0.1, 0.15) is 27.9 Å². The molecule has 1 aromatic heterocycles. The number of para-hydroxylation sites is 1. The van der Waals surface area contributed by atoms with E-state index in [0.29, 0.717) is 23.4 Å². The van der Waals surface area contributed by atoms with Crippen molar-refractivity contribution in [1.29, 1.82) is 5.26 Å². The lowest BCUT2D eigenvalue weighted by molar-refractivity contribution is 0.0982. The van der Waals surface area contributed by atoms with Crippen LogP contribution in [0.25, 0.3) is 0 Å². The number of carbonyl (C=O) groups excluding carboxylic acids is 1. The lowest BCUT2D eigenvalue weighted by atomic mass is 10.0. The second-order valence-electron chi connectivity index (χ2n) is 6.29. The van der Waals surface area contributed by atoms with Crippen molar-refractivity contribution in [1.82, 2.24) is 4.98 Å². The second kappa shape index (κ2) is 7.30. The van der Waals surface area contributed by atoms with Crippen molar-refractivity contribution in [3.05, 3.63) is 83.6 Å². The van der Waals surface area contributed by atoms with Crippen molar-refractivity contribution in [2.75, 3.05) is 11.4 Å². The zero-order chi connectivity index (χ0) is 18.6. The molecule has 1 amide bonds. The van der Waals surface area contributed by atoms with Crippen molar-refractivity contribution in [2.24, 2.45) is 0 Å². The van der Waals surface area contributed by atoms with Crippen LogP contribution in [0.3, 0.4) is 0 Å². The zero-order valence-corrected chi connectivity index (χ0v) is 14.6. The molecule has 0 aliphatic carbocycles. The van der Waals surface area contributed by atoms with Gasteiger partial charge in [-0.25, -0.2) is 4.98 Å². The fraction of sp³-hybridized carbons (Fsp3) is 0.136. The lowest BCUT2D eigenvalue weighted by Crippen LogP contribution is -2.35. The van der Waals surface area contributed by atoms with E-state index < -0.39 is 0 Å². The molecule has 4 rings (SSSR count). The van der Waals surface area contributed by atoms with E-state index in [1.54, 1.807) is 47.5 Å². The van der Waals surface area contributed by atoms with Crippen molar-refractivity contribution in [3.8, 4) is 17.7 Å². The number of benzene rings is 2. The Labute approximate surface area is 157 Å². The summed E-state index contributed by atoms with van der Waals surface area (Å²) < 4.78 is 5.84. The van der Waals surface area contributed by atoms with Crippen molar-refractivity contribution >= 4 is 11.6 Å². The number of carbonyl (C=O) groups is 1. The van der Waals surface area contributed by atoms with Gasteiger partial charge in [-0.1, -0.05) is 24.3 Å². The van der Waals surface area contributed by atoms with Gasteiger partial charge in [0.2, 0.25) is 5.88 Å². The fourth-order valence-electron chi connectivity index (χ4n) is 3.27. The van der Waals surface area contributed by atoms with E-state index in [1.165, 1.54) is 5.56 Å². The van der Waals surface area contributed by atoms with Crippen LogP contribution in [0, 0.1) is 11.3 Å². The van der Waals surface area contributed by atoms with Crippen LogP contribution in [-0.2, 0) is 6.42 Å². The van der Waals surface area contributed by atoms with Gasteiger partial charge in [-0.05, 0) is 54.8 Å². The zero-order valence-electron chi connectivity index (χ0n) is 14.6. The van der Waals surface area contributed by atoms with Crippen LogP contribution < -0.4 is 9.64 Å². The first kappa shape index (κ1) is 16.8. The maximum Gasteiger partial charge on any atom is 0.263 e. The van der Waals surface area contributed by atoms with Gasteiger partial charge in [0, 0.05) is 18.4 Å². The summed E-state index contributed by atoms with van der Waals surface area (Å²) in [5.74, 6) is 0.572. The SMILES string of the molecule is N#Cc1cccc(Oc2ncccc2C(=O)N2CCCc3ccccc32)c1.